The molecule has 0 bridgehead atoms. The highest BCUT2D eigenvalue weighted by atomic mass is 35.5. The van der Waals surface area contributed by atoms with E-state index in [0.29, 0.717) is 42.6 Å². The molecule has 1 aromatic heterocycles. The zero-order chi connectivity index (χ0) is 23.1. The van der Waals surface area contributed by atoms with E-state index in [0.717, 1.165) is 12.3 Å². The summed E-state index contributed by atoms with van der Waals surface area (Å²) in [5.74, 6) is 0.111. The van der Waals surface area contributed by atoms with Gasteiger partial charge in [-0.1, -0.05) is 23.7 Å². The average Bonchev–Trinajstić information content (AvgIpc) is 2.98. The maximum Gasteiger partial charge on any atom is 0.417 e. The lowest BCUT2D eigenvalue weighted by Gasteiger charge is -2.36. The summed E-state index contributed by atoms with van der Waals surface area (Å²) < 4.78 is 38.2. The molecule has 2 saturated heterocycles. The van der Waals surface area contributed by atoms with E-state index in [1.165, 1.54) is 11.0 Å². The van der Waals surface area contributed by atoms with E-state index in [2.05, 4.69) is 10.3 Å². The van der Waals surface area contributed by atoms with Gasteiger partial charge in [0.2, 0.25) is 0 Å². The number of urea groups is 1. The van der Waals surface area contributed by atoms with Crippen LogP contribution in [0.3, 0.4) is 0 Å². The average molecular weight is 468 g/mol. The first-order valence-electron chi connectivity index (χ1n) is 9.98. The van der Waals surface area contributed by atoms with Crippen molar-refractivity contribution in [3.8, 4) is 0 Å². The van der Waals surface area contributed by atoms with Gasteiger partial charge in [-0.3, -0.25) is 9.69 Å². The van der Waals surface area contributed by atoms with Crippen LogP contribution in [0.5, 0.6) is 0 Å². The van der Waals surface area contributed by atoms with Crippen LogP contribution in [-0.2, 0) is 16.5 Å². The number of rotatable bonds is 4. The summed E-state index contributed by atoms with van der Waals surface area (Å²) in [6.45, 7) is 3.86. The van der Waals surface area contributed by atoms with Gasteiger partial charge in [0.15, 0.2) is 0 Å². The number of halogens is 4. The van der Waals surface area contributed by atoms with Crippen LogP contribution in [0.15, 0.2) is 42.6 Å². The molecule has 0 aliphatic carbocycles. The van der Waals surface area contributed by atoms with Crippen LogP contribution in [0.1, 0.15) is 18.1 Å². The number of nitrogens with zero attached hydrogens (tertiary/aromatic N) is 4. The summed E-state index contributed by atoms with van der Waals surface area (Å²) in [6, 6.07) is 8.64. The first-order valence-corrected chi connectivity index (χ1v) is 10.4. The fourth-order valence-corrected chi connectivity index (χ4v) is 3.99. The molecule has 0 spiro atoms. The molecule has 2 aliphatic rings. The quantitative estimate of drug-likeness (QED) is 0.699. The Labute approximate surface area is 187 Å². The van der Waals surface area contributed by atoms with Gasteiger partial charge < -0.3 is 10.2 Å². The molecule has 1 atom stereocenters. The van der Waals surface area contributed by atoms with Crippen molar-refractivity contribution in [1.82, 2.24) is 20.1 Å². The Balaban J connectivity index is 1.37. The van der Waals surface area contributed by atoms with E-state index in [1.807, 2.05) is 9.80 Å². The molecule has 1 N–H and O–H groups in total. The van der Waals surface area contributed by atoms with Gasteiger partial charge in [-0.05, 0) is 36.8 Å². The third-order valence-electron chi connectivity index (χ3n) is 5.81. The summed E-state index contributed by atoms with van der Waals surface area (Å²) in [5, 5.41) is 3.30. The number of carbonyl (C=O) groups is 2. The molecule has 2 aromatic rings. The van der Waals surface area contributed by atoms with Crippen molar-refractivity contribution in [2.24, 2.45) is 0 Å². The SMILES string of the molecule is C[C@@]1(c2ccc(Cl)cc2)NC(=O)N(CN2CCN(c3ccc(C(F)(F)F)cn3)CC2)C1=O. The number of pyridine rings is 1. The van der Waals surface area contributed by atoms with Crippen molar-refractivity contribution in [1.29, 1.82) is 0 Å². The highest BCUT2D eigenvalue weighted by Crippen LogP contribution is 2.31. The van der Waals surface area contributed by atoms with Crippen molar-refractivity contribution in [2.45, 2.75) is 18.6 Å². The number of aromatic nitrogens is 1. The molecule has 3 heterocycles. The third-order valence-corrected chi connectivity index (χ3v) is 6.06. The number of benzene rings is 1. The summed E-state index contributed by atoms with van der Waals surface area (Å²) in [7, 11) is 0. The first kappa shape index (κ1) is 22.3. The van der Waals surface area contributed by atoms with Gasteiger partial charge in [0.05, 0.1) is 12.2 Å². The maximum absolute atomic E-state index is 13.1. The monoisotopic (exact) mass is 467 g/mol. The van der Waals surface area contributed by atoms with Gasteiger partial charge in [0, 0.05) is 37.4 Å². The minimum absolute atomic E-state index is 0.127. The van der Waals surface area contributed by atoms with Crippen molar-refractivity contribution in [3.05, 3.63) is 58.7 Å². The second-order valence-electron chi connectivity index (χ2n) is 7.94. The Hall–Kier alpha value is -2.85. The summed E-state index contributed by atoms with van der Waals surface area (Å²) >= 11 is 5.92. The predicted octanol–water partition coefficient (Wildman–Crippen LogP) is 3.30. The van der Waals surface area contributed by atoms with Crippen molar-refractivity contribution in [3.63, 3.8) is 0 Å². The number of alkyl halides is 3. The number of carbonyl (C=O) groups excluding carboxylic acids is 2. The summed E-state index contributed by atoms with van der Waals surface area (Å²) in [4.78, 5) is 34.5. The number of imide groups is 1. The summed E-state index contributed by atoms with van der Waals surface area (Å²) in [6.07, 6.45) is -3.60. The van der Waals surface area contributed by atoms with Crippen molar-refractivity contribution < 1.29 is 22.8 Å². The van der Waals surface area contributed by atoms with Crippen LogP contribution in [0.25, 0.3) is 0 Å². The lowest BCUT2D eigenvalue weighted by atomic mass is 9.92. The van der Waals surface area contributed by atoms with Crippen LogP contribution in [0.4, 0.5) is 23.8 Å². The second-order valence-corrected chi connectivity index (χ2v) is 8.38. The Bertz CT molecular complexity index is 1010. The maximum atomic E-state index is 13.1. The second kappa shape index (κ2) is 8.25. The van der Waals surface area contributed by atoms with Gasteiger partial charge in [-0.2, -0.15) is 13.2 Å². The molecular formula is C21H21ClF3N5O2. The highest BCUT2D eigenvalue weighted by molar-refractivity contribution is 6.30. The predicted molar refractivity (Wildman–Crippen MR) is 112 cm³/mol. The van der Waals surface area contributed by atoms with Crippen molar-refractivity contribution in [2.75, 3.05) is 37.7 Å². The number of amides is 3. The van der Waals surface area contributed by atoms with E-state index in [9.17, 15) is 22.8 Å². The van der Waals surface area contributed by atoms with Gasteiger partial charge in [0.25, 0.3) is 5.91 Å². The molecule has 32 heavy (non-hydrogen) atoms. The van der Waals surface area contributed by atoms with E-state index in [1.54, 1.807) is 31.2 Å². The number of hydrogen-bond acceptors (Lipinski definition) is 5. The molecule has 4 rings (SSSR count). The number of hydrogen-bond donors (Lipinski definition) is 1. The first-order chi connectivity index (χ1) is 15.1. The number of piperazine rings is 1. The molecular weight excluding hydrogens is 447 g/mol. The molecule has 0 unspecified atom stereocenters. The molecule has 3 amide bonds. The standard InChI is InChI=1S/C21H21ClF3N5O2/c1-20(14-2-5-16(22)6-3-14)18(31)30(19(32)27-20)13-28-8-10-29(11-9-28)17-7-4-15(12-26-17)21(23,24)25/h2-7,12H,8-11,13H2,1H3,(H,27,32)/t20-/m0/s1. The number of nitrogens with one attached hydrogen (secondary N) is 1. The molecule has 1 aromatic carbocycles. The van der Waals surface area contributed by atoms with Crippen LogP contribution >= 0.6 is 11.6 Å². The van der Waals surface area contributed by atoms with E-state index in [4.69, 9.17) is 11.6 Å². The zero-order valence-corrected chi connectivity index (χ0v) is 18.0. The molecule has 2 aliphatic heterocycles. The van der Waals surface area contributed by atoms with Gasteiger partial charge in [0.1, 0.15) is 11.4 Å². The smallest absolute Gasteiger partial charge is 0.354 e. The third kappa shape index (κ3) is 4.24. The molecule has 0 saturated carbocycles. The molecule has 170 valence electrons. The fourth-order valence-electron chi connectivity index (χ4n) is 3.86. The molecule has 7 nitrogen and oxygen atoms in total. The topological polar surface area (TPSA) is 68.8 Å². The van der Waals surface area contributed by atoms with E-state index < -0.39 is 23.3 Å². The minimum atomic E-state index is -4.42. The van der Waals surface area contributed by atoms with E-state index >= 15 is 0 Å². The lowest BCUT2D eigenvalue weighted by molar-refractivity contribution is -0.137. The molecule has 11 heteroatoms. The Morgan fingerprint density at radius 3 is 2.28 bits per heavy atom. The summed E-state index contributed by atoms with van der Waals surface area (Å²) in [5.41, 5.74) is -1.32. The van der Waals surface area contributed by atoms with Crippen LogP contribution in [-0.4, -0.2) is 59.6 Å². The lowest BCUT2D eigenvalue weighted by Crippen LogP contribution is -2.51. The van der Waals surface area contributed by atoms with E-state index in [-0.39, 0.29) is 12.6 Å². The zero-order valence-electron chi connectivity index (χ0n) is 17.2. The van der Waals surface area contributed by atoms with Gasteiger partial charge in [-0.15, -0.1) is 0 Å². The van der Waals surface area contributed by atoms with Crippen LogP contribution in [0.2, 0.25) is 5.02 Å². The normalized spacial score (nSPS) is 22.4. The Kier molecular flexibility index (Phi) is 5.76. The minimum Gasteiger partial charge on any atom is -0.354 e. The highest BCUT2D eigenvalue weighted by Gasteiger charge is 2.49. The Morgan fingerprint density at radius 2 is 1.72 bits per heavy atom. The van der Waals surface area contributed by atoms with Crippen LogP contribution in [0, 0.1) is 0 Å². The van der Waals surface area contributed by atoms with Crippen LogP contribution < -0.4 is 10.2 Å². The van der Waals surface area contributed by atoms with Gasteiger partial charge in [-0.25, -0.2) is 14.7 Å². The Morgan fingerprint density at radius 1 is 1.06 bits per heavy atom. The largest absolute Gasteiger partial charge is 0.417 e. The van der Waals surface area contributed by atoms with Gasteiger partial charge >= 0.3 is 12.2 Å². The molecule has 2 fully saturated rings. The van der Waals surface area contributed by atoms with Crippen molar-refractivity contribution >= 4 is 29.4 Å². The number of anilines is 1. The fraction of sp³-hybridized carbons (Fsp3) is 0.381. The molecule has 0 radical (unpaired) electrons.